The van der Waals surface area contributed by atoms with Crippen LogP contribution in [-0.4, -0.2) is 41.3 Å². The van der Waals surface area contributed by atoms with Gasteiger partial charge in [0.15, 0.2) is 12.4 Å². The smallest absolute Gasteiger partial charge is 0.343 e. The molecule has 2 rings (SSSR count). The Hall–Kier alpha value is -2.37. The van der Waals surface area contributed by atoms with Crippen molar-refractivity contribution in [3.8, 4) is 23.0 Å². The molecule has 2 aromatic rings. The molecule has 6 nitrogen and oxygen atoms in total. The quantitative estimate of drug-likeness (QED) is 0.367. The van der Waals surface area contributed by atoms with Gasteiger partial charge in [-0.05, 0) is 24.6 Å². The first kappa shape index (κ1) is 18.0. The van der Waals surface area contributed by atoms with Gasteiger partial charge in [0.25, 0.3) is 5.91 Å². The number of nitrogens with one attached hydrogen (secondary N) is 1. The number of thiophene rings is 1. The lowest BCUT2D eigenvalue weighted by Gasteiger charge is -2.11. The standard InChI is InChI=1S/C16H15N3O3S2/c1-4-7-17-12(20)9-22-16(21)13-10(2)18-14(19-15(13)23-3)11-6-5-8-24-11/h1,5-6,8H,7,9H2,2-3H3,(H,17,20). The number of hydrogen-bond acceptors (Lipinski definition) is 7. The van der Waals surface area contributed by atoms with Crippen LogP contribution in [0.2, 0.25) is 0 Å². The molecule has 2 heterocycles. The maximum atomic E-state index is 12.3. The molecular weight excluding hydrogens is 346 g/mol. The minimum Gasteiger partial charge on any atom is -0.452 e. The van der Waals surface area contributed by atoms with E-state index in [1.165, 1.54) is 23.1 Å². The fourth-order valence-electron chi connectivity index (χ4n) is 1.85. The number of rotatable bonds is 6. The van der Waals surface area contributed by atoms with E-state index < -0.39 is 18.5 Å². The van der Waals surface area contributed by atoms with Crippen molar-refractivity contribution in [3.63, 3.8) is 0 Å². The van der Waals surface area contributed by atoms with Crippen LogP contribution in [0, 0.1) is 19.3 Å². The van der Waals surface area contributed by atoms with E-state index in [4.69, 9.17) is 11.2 Å². The minimum atomic E-state index is -0.634. The van der Waals surface area contributed by atoms with Gasteiger partial charge in [0.2, 0.25) is 0 Å². The van der Waals surface area contributed by atoms with Crippen LogP contribution in [0.1, 0.15) is 16.1 Å². The summed E-state index contributed by atoms with van der Waals surface area (Å²) in [6.45, 7) is 1.40. The molecule has 0 aliphatic carbocycles. The summed E-state index contributed by atoms with van der Waals surface area (Å²) < 4.78 is 5.03. The molecule has 8 heteroatoms. The number of amides is 1. The van der Waals surface area contributed by atoms with Crippen LogP contribution in [0.5, 0.6) is 0 Å². The van der Waals surface area contributed by atoms with Crippen molar-refractivity contribution in [1.29, 1.82) is 0 Å². The van der Waals surface area contributed by atoms with E-state index in [1.807, 2.05) is 23.8 Å². The summed E-state index contributed by atoms with van der Waals surface area (Å²) in [5.41, 5.74) is 0.777. The molecule has 1 amide bonds. The Bertz CT molecular complexity index is 783. The van der Waals surface area contributed by atoms with Gasteiger partial charge in [-0.1, -0.05) is 12.0 Å². The molecule has 124 valence electrons. The molecular formula is C16H15N3O3S2. The highest BCUT2D eigenvalue weighted by atomic mass is 32.2. The number of esters is 1. The average molecular weight is 361 g/mol. The topological polar surface area (TPSA) is 81.2 Å². The maximum Gasteiger partial charge on any atom is 0.343 e. The van der Waals surface area contributed by atoms with Crippen LogP contribution < -0.4 is 5.32 Å². The average Bonchev–Trinajstić information content (AvgIpc) is 3.11. The summed E-state index contributed by atoms with van der Waals surface area (Å²) in [5.74, 6) is 1.74. The monoisotopic (exact) mass is 361 g/mol. The Morgan fingerprint density at radius 3 is 2.88 bits per heavy atom. The van der Waals surface area contributed by atoms with Crippen molar-refractivity contribution in [1.82, 2.24) is 15.3 Å². The second kappa shape index (κ2) is 8.47. The number of aromatic nitrogens is 2. The first-order chi connectivity index (χ1) is 11.6. The summed E-state index contributed by atoms with van der Waals surface area (Å²) in [7, 11) is 0. The zero-order valence-electron chi connectivity index (χ0n) is 13.2. The van der Waals surface area contributed by atoms with Gasteiger partial charge in [0.1, 0.15) is 10.6 Å². The predicted molar refractivity (Wildman–Crippen MR) is 94.0 cm³/mol. The number of ether oxygens (including phenoxy) is 1. The number of thioether (sulfide) groups is 1. The van der Waals surface area contributed by atoms with Crippen molar-refractivity contribution >= 4 is 35.0 Å². The fourth-order valence-corrected chi connectivity index (χ4v) is 3.12. The lowest BCUT2D eigenvalue weighted by Crippen LogP contribution is -2.29. The summed E-state index contributed by atoms with van der Waals surface area (Å²) in [4.78, 5) is 33.5. The largest absolute Gasteiger partial charge is 0.452 e. The Kier molecular flexibility index (Phi) is 6.35. The second-order valence-corrected chi connectivity index (χ2v) is 6.29. The van der Waals surface area contributed by atoms with Crippen molar-refractivity contribution in [2.45, 2.75) is 11.9 Å². The number of hydrogen-bond donors (Lipinski definition) is 1. The SMILES string of the molecule is C#CCNC(=O)COC(=O)c1c(C)nc(-c2cccs2)nc1SC. The number of carbonyl (C=O) groups is 2. The third kappa shape index (κ3) is 4.34. The lowest BCUT2D eigenvalue weighted by molar-refractivity contribution is -0.123. The summed E-state index contributed by atoms with van der Waals surface area (Å²) >= 11 is 2.84. The van der Waals surface area contributed by atoms with Crippen LogP contribution in [0.4, 0.5) is 0 Å². The van der Waals surface area contributed by atoms with E-state index >= 15 is 0 Å². The third-order valence-corrected chi connectivity index (χ3v) is 4.47. The van der Waals surface area contributed by atoms with Crippen LogP contribution in [0.25, 0.3) is 10.7 Å². The van der Waals surface area contributed by atoms with Crippen molar-refractivity contribution < 1.29 is 14.3 Å². The molecule has 0 bridgehead atoms. The second-order valence-electron chi connectivity index (χ2n) is 4.55. The van der Waals surface area contributed by atoms with Gasteiger partial charge in [-0.2, -0.15) is 0 Å². The normalized spacial score (nSPS) is 10.0. The van der Waals surface area contributed by atoms with E-state index in [2.05, 4.69) is 21.2 Å². The van der Waals surface area contributed by atoms with Gasteiger partial charge in [-0.15, -0.1) is 29.5 Å². The summed E-state index contributed by atoms with van der Waals surface area (Å²) in [5, 5.41) is 4.87. The first-order valence-electron chi connectivity index (χ1n) is 6.90. The molecule has 0 saturated heterocycles. The Labute approximate surface area is 148 Å². The highest BCUT2D eigenvalue weighted by Crippen LogP contribution is 2.27. The van der Waals surface area contributed by atoms with E-state index in [0.29, 0.717) is 16.5 Å². The van der Waals surface area contributed by atoms with E-state index in [-0.39, 0.29) is 12.1 Å². The lowest BCUT2D eigenvalue weighted by atomic mass is 10.2. The van der Waals surface area contributed by atoms with Gasteiger partial charge < -0.3 is 10.1 Å². The molecule has 0 atom stereocenters. The number of nitrogens with zero attached hydrogens (tertiary/aromatic N) is 2. The Morgan fingerprint density at radius 2 is 2.25 bits per heavy atom. The van der Waals surface area contributed by atoms with Crippen molar-refractivity contribution in [3.05, 3.63) is 28.8 Å². The molecule has 0 aliphatic heterocycles. The molecule has 0 aliphatic rings. The summed E-state index contributed by atoms with van der Waals surface area (Å²) in [6.07, 6.45) is 6.86. The zero-order valence-corrected chi connectivity index (χ0v) is 14.8. The predicted octanol–water partition coefficient (Wildman–Crippen LogP) is 2.14. The molecule has 0 fully saturated rings. The Balaban J connectivity index is 2.19. The van der Waals surface area contributed by atoms with E-state index in [9.17, 15) is 9.59 Å². The number of terminal acetylenes is 1. The zero-order chi connectivity index (χ0) is 17.5. The highest BCUT2D eigenvalue weighted by Gasteiger charge is 2.21. The van der Waals surface area contributed by atoms with Crippen molar-refractivity contribution in [2.24, 2.45) is 0 Å². The highest BCUT2D eigenvalue weighted by molar-refractivity contribution is 7.98. The fraction of sp³-hybridized carbons (Fsp3) is 0.250. The molecule has 0 unspecified atom stereocenters. The van der Waals surface area contributed by atoms with Crippen LogP contribution >= 0.6 is 23.1 Å². The van der Waals surface area contributed by atoms with Crippen LogP contribution in [0.15, 0.2) is 22.5 Å². The molecule has 0 radical (unpaired) electrons. The van der Waals surface area contributed by atoms with E-state index in [0.717, 1.165) is 4.88 Å². The third-order valence-electron chi connectivity index (χ3n) is 2.92. The van der Waals surface area contributed by atoms with Gasteiger partial charge in [-0.25, -0.2) is 14.8 Å². The first-order valence-corrected chi connectivity index (χ1v) is 9.01. The summed E-state index contributed by atoms with van der Waals surface area (Å²) in [6, 6.07) is 3.83. The minimum absolute atomic E-state index is 0.0874. The molecule has 0 aromatic carbocycles. The molecule has 0 spiro atoms. The number of aryl methyl sites for hydroxylation is 1. The van der Waals surface area contributed by atoms with Gasteiger partial charge in [0, 0.05) is 0 Å². The molecule has 1 N–H and O–H groups in total. The molecule has 24 heavy (non-hydrogen) atoms. The van der Waals surface area contributed by atoms with Gasteiger partial charge >= 0.3 is 5.97 Å². The van der Waals surface area contributed by atoms with Crippen LogP contribution in [-0.2, 0) is 9.53 Å². The maximum absolute atomic E-state index is 12.3. The van der Waals surface area contributed by atoms with Gasteiger partial charge in [-0.3, -0.25) is 4.79 Å². The van der Waals surface area contributed by atoms with E-state index in [1.54, 1.807) is 6.92 Å². The molecule has 0 saturated carbocycles. The molecule has 2 aromatic heterocycles. The van der Waals surface area contributed by atoms with Crippen molar-refractivity contribution in [2.75, 3.05) is 19.4 Å². The van der Waals surface area contributed by atoms with Gasteiger partial charge in [0.05, 0.1) is 17.1 Å². The van der Waals surface area contributed by atoms with Crippen LogP contribution in [0.3, 0.4) is 0 Å². The Morgan fingerprint density at radius 1 is 1.46 bits per heavy atom. The number of carbonyl (C=O) groups excluding carboxylic acids is 2.